The molecule has 0 radical (unpaired) electrons. The van der Waals surface area contributed by atoms with Crippen molar-refractivity contribution in [3.8, 4) is 0 Å². The van der Waals surface area contributed by atoms with E-state index in [9.17, 15) is 4.79 Å². The van der Waals surface area contributed by atoms with Crippen LogP contribution >= 0.6 is 0 Å². The van der Waals surface area contributed by atoms with Crippen molar-refractivity contribution in [3.63, 3.8) is 0 Å². The highest BCUT2D eigenvalue weighted by Gasteiger charge is 2.25. The molecule has 4 heteroatoms. The van der Waals surface area contributed by atoms with Gasteiger partial charge in [-0.1, -0.05) is 26.8 Å². The molecule has 0 fully saturated rings. The second-order valence-electron chi connectivity index (χ2n) is 4.58. The predicted molar refractivity (Wildman–Crippen MR) is 69.8 cm³/mol. The lowest BCUT2D eigenvalue weighted by molar-refractivity contribution is -0.124. The van der Waals surface area contributed by atoms with E-state index in [1.165, 1.54) is 0 Å². The Labute approximate surface area is 102 Å². The van der Waals surface area contributed by atoms with E-state index in [4.69, 9.17) is 4.84 Å². The Morgan fingerprint density at radius 1 is 1.35 bits per heavy atom. The molecule has 1 amide bonds. The molecule has 1 rings (SSSR count). The van der Waals surface area contributed by atoms with Crippen LogP contribution in [-0.2, 0) is 9.63 Å². The first-order valence-corrected chi connectivity index (χ1v) is 5.70. The molecular weight excluding hydrogens is 216 g/mol. The highest BCUT2D eigenvalue weighted by molar-refractivity contribution is 5.95. The topological polar surface area (TPSA) is 50.4 Å². The highest BCUT2D eigenvalue weighted by Crippen LogP contribution is 2.23. The van der Waals surface area contributed by atoms with E-state index < -0.39 is 0 Å². The van der Waals surface area contributed by atoms with Crippen molar-refractivity contribution in [2.75, 3.05) is 17.9 Å². The van der Waals surface area contributed by atoms with Crippen LogP contribution in [-0.4, -0.2) is 13.0 Å². The summed E-state index contributed by atoms with van der Waals surface area (Å²) < 4.78 is 0. The summed E-state index contributed by atoms with van der Waals surface area (Å²) in [6, 6.07) is 7.40. The lowest BCUT2D eigenvalue weighted by Gasteiger charge is -2.21. The van der Waals surface area contributed by atoms with Gasteiger partial charge in [0.15, 0.2) is 0 Å². The molecule has 4 nitrogen and oxygen atoms in total. The maximum Gasteiger partial charge on any atom is 0.230 e. The van der Waals surface area contributed by atoms with Crippen LogP contribution in [0.25, 0.3) is 0 Å². The summed E-state index contributed by atoms with van der Waals surface area (Å²) in [5, 5.41) is 2.90. The Balaban J connectivity index is 2.75. The van der Waals surface area contributed by atoms with Gasteiger partial charge >= 0.3 is 0 Å². The van der Waals surface area contributed by atoms with Crippen LogP contribution in [0.3, 0.4) is 0 Å². The van der Waals surface area contributed by atoms with Crippen molar-refractivity contribution in [2.24, 2.45) is 5.41 Å². The van der Waals surface area contributed by atoms with E-state index in [1.54, 1.807) is 7.11 Å². The molecule has 0 bridgehead atoms. The standard InChI is InChI=1S/C13H20N2O2/c1-5-13(2,3)12(16)14-10-7-6-8-11(9-10)15-17-4/h6-9,15H,5H2,1-4H3,(H,14,16). The monoisotopic (exact) mass is 236 g/mol. The fraction of sp³-hybridized carbons (Fsp3) is 0.462. The third-order valence-electron chi connectivity index (χ3n) is 2.84. The zero-order valence-corrected chi connectivity index (χ0v) is 10.8. The number of hydrogen-bond donors (Lipinski definition) is 2. The van der Waals surface area contributed by atoms with E-state index in [0.717, 1.165) is 17.8 Å². The highest BCUT2D eigenvalue weighted by atomic mass is 16.6. The lowest BCUT2D eigenvalue weighted by Crippen LogP contribution is -2.29. The van der Waals surface area contributed by atoms with Crippen LogP contribution in [0.4, 0.5) is 11.4 Å². The Morgan fingerprint density at radius 3 is 2.59 bits per heavy atom. The lowest BCUT2D eigenvalue weighted by atomic mass is 9.89. The molecule has 94 valence electrons. The van der Waals surface area contributed by atoms with Gasteiger partial charge in [-0.15, -0.1) is 0 Å². The van der Waals surface area contributed by atoms with Gasteiger partial charge in [-0.25, -0.2) is 0 Å². The third-order valence-corrected chi connectivity index (χ3v) is 2.84. The summed E-state index contributed by atoms with van der Waals surface area (Å²) in [5.74, 6) is 0.0227. The van der Waals surface area contributed by atoms with Crippen LogP contribution in [0.2, 0.25) is 0 Å². The molecule has 0 saturated carbocycles. The largest absolute Gasteiger partial charge is 0.326 e. The number of anilines is 2. The van der Waals surface area contributed by atoms with E-state index in [-0.39, 0.29) is 11.3 Å². The number of benzene rings is 1. The van der Waals surface area contributed by atoms with Gasteiger partial charge in [0.2, 0.25) is 5.91 Å². The Hall–Kier alpha value is -1.55. The smallest absolute Gasteiger partial charge is 0.230 e. The van der Waals surface area contributed by atoms with Gasteiger partial charge in [-0.05, 0) is 24.6 Å². The normalized spacial score (nSPS) is 11.1. The molecular formula is C13H20N2O2. The molecule has 0 aromatic heterocycles. The molecule has 1 aromatic rings. The van der Waals surface area contributed by atoms with Gasteiger partial charge in [-0.3, -0.25) is 15.1 Å². The Bertz CT molecular complexity index is 389. The molecule has 1 aromatic carbocycles. The molecule has 0 aliphatic carbocycles. The number of carbonyl (C=O) groups excluding carboxylic acids is 1. The Morgan fingerprint density at radius 2 is 2.00 bits per heavy atom. The minimum atomic E-state index is -0.356. The van der Waals surface area contributed by atoms with Gasteiger partial charge in [0, 0.05) is 11.1 Å². The fourth-order valence-corrected chi connectivity index (χ4v) is 1.24. The molecule has 0 saturated heterocycles. The van der Waals surface area contributed by atoms with Crippen LogP contribution < -0.4 is 10.8 Å². The summed E-state index contributed by atoms with van der Waals surface area (Å²) in [7, 11) is 1.55. The van der Waals surface area contributed by atoms with Gasteiger partial charge in [0.25, 0.3) is 0 Å². The van der Waals surface area contributed by atoms with E-state index in [2.05, 4.69) is 10.8 Å². The first-order valence-electron chi connectivity index (χ1n) is 5.70. The minimum absolute atomic E-state index is 0.0227. The number of hydrogen-bond acceptors (Lipinski definition) is 3. The van der Waals surface area contributed by atoms with Gasteiger partial charge in [0.1, 0.15) is 0 Å². The first-order chi connectivity index (χ1) is 7.99. The number of rotatable bonds is 5. The maximum atomic E-state index is 12.0. The van der Waals surface area contributed by atoms with Crippen LogP contribution in [0, 0.1) is 5.41 Å². The van der Waals surface area contributed by atoms with Crippen molar-refractivity contribution >= 4 is 17.3 Å². The van der Waals surface area contributed by atoms with Crippen LogP contribution in [0.1, 0.15) is 27.2 Å². The second kappa shape index (κ2) is 5.68. The molecule has 0 aliphatic heterocycles. The van der Waals surface area contributed by atoms with Gasteiger partial charge < -0.3 is 5.32 Å². The van der Waals surface area contributed by atoms with E-state index in [0.29, 0.717) is 0 Å². The van der Waals surface area contributed by atoms with Crippen LogP contribution in [0.5, 0.6) is 0 Å². The summed E-state index contributed by atoms with van der Waals surface area (Å²) in [6.07, 6.45) is 0.800. The minimum Gasteiger partial charge on any atom is -0.326 e. The predicted octanol–water partition coefficient (Wildman–Crippen LogP) is 3.03. The van der Waals surface area contributed by atoms with Crippen molar-refractivity contribution in [1.29, 1.82) is 0 Å². The van der Waals surface area contributed by atoms with Gasteiger partial charge in [-0.2, -0.15) is 0 Å². The molecule has 0 heterocycles. The van der Waals surface area contributed by atoms with E-state index in [1.807, 2.05) is 45.0 Å². The molecule has 17 heavy (non-hydrogen) atoms. The van der Waals surface area contributed by atoms with E-state index >= 15 is 0 Å². The first kappa shape index (κ1) is 13.5. The summed E-state index contributed by atoms with van der Waals surface area (Å²) in [5.41, 5.74) is 3.93. The zero-order valence-electron chi connectivity index (χ0n) is 10.8. The van der Waals surface area contributed by atoms with Crippen molar-refractivity contribution < 1.29 is 9.63 Å². The summed E-state index contributed by atoms with van der Waals surface area (Å²) in [4.78, 5) is 16.8. The maximum absolute atomic E-state index is 12.0. The van der Waals surface area contributed by atoms with Crippen molar-refractivity contribution in [1.82, 2.24) is 0 Å². The molecule has 0 atom stereocenters. The van der Waals surface area contributed by atoms with Crippen molar-refractivity contribution in [3.05, 3.63) is 24.3 Å². The molecule has 2 N–H and O–H groups in total. The Kier molecular flexibility index (Phi) is 4.52. The van der Waals surface area contributed by atoms with Gasteiger partial charge in [0.05, 0.1) is 12.8 Å². The SMILES string of the molecule is CCC(C)(C)C(=O)Nc1cccc(NOC)c1. The number of amides is 1. The molecule has 0 unspecified atom stereocenters. The summed E-state index contributed by atoms with van der Waals surface area (Å²) >= 11 is 0. The average molecular weight is 236 g/mol. The zero-order chi connectivity index (χ0) is 12.9. The third kappa shape index (κ3) is 3.75. The second-order valence-corrected chi connectivity index (χ2v) is 4.58. The molecule has 0 spiro atoms. The van der Waals surface area contributed by atoms with Crippen LogP contribution in [0.15, 0.2) is 24.3 Å². The average Bonchev–Trinajstić information content (AvgIpc) is 2.30. The quantitative estimate of drug-likeness (QED) is 0.773. The summed E-state index contributed by atoms with van der Waals surface area (Å²) in [6.45, 7) is 5.86. The fourth-order valence-electron chi connectivity index (χ4n) is 1.24. The van der Waals surface area contributed by atoms with Crippen molar-refractivity contribution in [2.45, 2.75) is 27.2 Å². The number of nitrogens with one attached hydrogen (secondary N) is 2. The number of carbonyl (C=O) groups is 1. The molecule has 0 aliphatic rings.